The number of rotatable bonds is 10. The molecule has 2 N–H and O–H groups in total. The van der Waals surface area contributed by atoms with Crippen molar-refractivity contribution in [2.75, 3.05) is 44.9 Å². The Bertz CT molecular complexity index is 379. The minimum Gasteiger partial charge on any atom is -0.478 e. The third-order valence-corrected chi connectivity index (χ3v) is 2.75. The molecule has 0 aromatic carbocycles. The molecular weight excluding hydrogens is 256 g/mol. The Labute approximate surface area is 121 Å². The number of nitrogens with two attached hydrogens (primary N) is 1. The highest BCUT2D eigenvalue weighted by Crippen LogP contribution is 2.16. The highest BCUT2D eigenvalue weighted by atomic mass is 16.5. The number of hydrogen-bond donors (Lipinski definition) is 1. The molecular formula is C14H26N4O2. The molecule has 0 amide bonds. The van der Waals surface area contributed by atoms with Crippen LogP contribution in [0.15, 0.2) is 6.07 Å². The van der Waals surface area contributed by atoms with E-state index in [4.69, 9.17) is 15.2 Å². The van der Waals surface area contributed by atoms with Crippen LogP contribution in [0, 0.1) is 6.92 Å². The van der Waals surface area contributed by atoms with E-state index in [0.29, 0.717) is 31.6 Å². The van der Waals surface area contributed by atoms with Crippen LogP contribution in [0.1, 0.15) is 25.5 Å². The Morgan fingerprint density at radius 2 is 2.05 bits per heavy atom. The molecule has 1 rings (SSSR count). The Hall–Kier alpha value is -1.40. The van der Waals surface area contributed by atoms with E-state index in [1.54, 1.807) is 7.11 Å². The first kappa shape index (κ1) is 16.7. The molecule has 0 radical (unpaired) electrons. The van der Waals surface area contributed by atoms with Crippen LogP contribution in [0.4, 0.5) is 5.95 Å². The first-order chi connectivity index (χ1) is 9.71. The molecule has 0 saturated carbocycles. The predicted molar refractivity (Wildman–Crippen MR) is 80.3 cm³/mol. The van der Waals surface area contributed by atoms with Crippen LogP contribution < -0.4 is 15.4 Å². The molecule has 6 nitrogen and oxygen atoms in total. The van der Waals surface area contributed by atoms with Gasteiger partial charge in [-0.05, 0) is 26.3 Å². The van der Waals surface area contributed by atoms with Crippen molar-refractivity contribution in [1.82, 2.24) is 9.97 Å². The highest BCUT2D eigenvalue weighted by molar-refractivity contribution is 5.34. The maximum absolute atomic E-state index is 5.60. The first-order valence-corrected chi connectivity index (χ1v) is 7.13. The highest BCUT2D eigenvalue weighted by Gasteiger charge is 2.11. The Balaban J connectivity index is 2.83. The fourth-order valence-electron chi connectivity index (χ4n) is 1.74. The van der Waals surface area contributed by atoms with E-state index in [1.807, 2.05) is 13.0 Å². The SMILES string of the molecule is CCCOc1cc(C)nc(N(CCCN)CCOC)n1. The van der Waals surface area contributed by atoms with E-state index in [0.717, 1.165) is 31.6 Å². The molecule has 0 saturated heterocycles. The molecule has 0 unspecified atom stereocenters. The fraction of sp³-hybridized carbons (Fsp3) is 0.714. The van der Waals surface area contributed by atoms with Crippen molar-refractivity contribution in [1.29, 1.82) is 0 Å². The van der Waals surface area contributed by atoms with Gasteiger partial charge in [-0.25, -0.2) is 4.98 Å². The number of anilines is 1. The number of methoxy groups -OCH3 is 1. The van der Waals surface area contributed by atoms with E-state index >= 15 is 0 Å². The van der Waals surface area contributed by atoms with Gasteiger partial charge >= 0.3 is 0 Å². The topological polar surface area (TPSA) is 73.5 Å². The Morgan fingerprint density at radius 1 is 1.25 bits per heavy atom. The second-order valence-electron chi connectivity index (χ2n) is 4.62. The Morgan fingerprint density at radius 3 is 2.70 bits per heavy atom. The lowest BCUT2D eigenvalue weighted by Crippen LogP contribution is -2.31. The molecule has 0 fully saturated rings. The second kappa shape index (κ2) is 9.50. The maximum Gasteiger partial charge on any atom is 0.228 e. The third kappa shape index (κ3) is 5.71. The molecule has 0 spiro atoms. The van der Waals surface area contributed by atoms with Gasteiger partial charge in [-0.2, -0.15) is 4.98 Å². The van der Waals surface area contributed by atoms with Gasteiger partial charge in [-0.3, -0.25) is 0 Å². The molecule has 1 aromatic heterocycles. The fourth-order valence-corrected chi connectivity index (χ4v) is 1.74. The first-order valence-electron chi connectivity index (χ1n) is 7.13. The Kier molecular flexibility index (Phi) is 7.91. The van der Waals surface area contributed by atoms with Crippen molar-refractivity contribution in [3.63, 3.8) is 0 Å². The lowest BCUT2D eigenvalue weighted by atomic mass is 10.3. The summed E-state index contributed by atoms with van der Waals surface area (Å²) in [4.78, 5) is 11.0. The summed E-state index contributed by atoms with van der Waals surface area (Å²) in [6.45, 7) is 7.52. The minimum atomic E-state index is 0.629. The average molecular weight is 282 g/mol. The van der Waals surface area contributed by atoms with Gasteiger partial charge in [0.05, 0.1) is 13.2 Å². The molecule has 1 aromatic rings. The van der Waals surface area contributed by atoms with E-state index in [1.165, 1.54) is 0 Å². The monoisotopic (exact) mass is 282 g/mol. The molecule has 0 aliphatic rings. The molecule has 0 aliphatic carbocycles. The van der Waals surface area contributed by atoms with Crippen LogP contribution >= 0.6 is 0 Å². The summed E-state index contributed by atoms with van der Waals surface area (Å²) in [5, 5.41) is 0. The van der Waals surface area contributed by atoms with E-state index in [2.05, 4.69) is 21.8 Å². The average Bonchev–Trinajstić information content (AvgIpc) is 2.44. The third-order valence-electron chi connectivity index (χ3n) is 2.75. The molecule has 6 heteroatoms. The van der Waals surface area contributed by atoms with Crippen molar-refractivity contribution >= 4 is 5.95 Å². The van der Waals surface area contributed by atoms with Crippen molar-refractivity contribution in [2.24, 2.45) is 5.73 Å². The van der Waals surface area contributed by atoms with Crippen molar-refractivity contribution in [2.45, 2.75) is 26.7 Å². The van der Waals surface area contributed by atoms with E-state index in [9.17, 15) is 0 Å². The van der Waals surface area contributed by atoms with Gasteiger partial charge in [0.15, 0.2) is 0 Å². The molecule has 0 atom stereocenters. The lowest BCUT2D eigenvalue weighted by Gasteiger charge is -2.22. The molecule has 114 valence electrons. The van der Waals surface area contributed by atoms with Gasteiger partial charge in [-0.1, -0.05) is 6.92 Å². The van der Waals surface area contributed by atoms with Crippen molar-refractivity contribution in [3.05, 3.63) is 11.8 Å². The molecule has 0 bridgehead atoms. The summed E-state index contributed by atoms with van der Waals surface area (Å²) in [7, 11) is 1.69. The summed E-state index contributed by atoms with van der Waals surface area (Å²) >= 11 is 0. The number of hydrogen-bond acceptors (Lipinski definition) is 6. The number of ether oxygens (including phenoxy) is 2. The summed E-state index contributed by atoms with van der Waals surface area (Å²) in [5.74, 6) is 1.31. The largest absolute Gasteiger partial charge is 0.478 e. The standard InChI is InChI=1S/C14H26N4O2/c1-4-9-20-13-11-12(2)16-14(17-13)18(7-5-6-15)8-10-19-3/h11H,4-10,15H2,1-3H3. The van der Waals surface area contributed by atoms with Gasteiger partial charge in [-0.15, -0.1) is 0 Å². The van der Waals surface area contributed by atoms with Crippen LogP contribution in [0.5, 0.6) is 5.88 Å². The summed E-state index contributed by atoms with van der Waals surface area (Å²) in [6.07, 6.45) is 1.85. The number of aromatic nitrogens is 2. The summed E-state index contributed by atoms with van der Waals surface area (Å²) < 4.78 is 10.7. The second-order valence-corrected chi connectivity index (χ2v) is 4.62. The van der Waals surface area contributed by atoms with Crippen LogP contribution in [0.2, 0.25) is 0 Å². The molecule has 0 aliphatic heterocycles. The van der Waals surface area contributed by atoms with Crippen LogP contribution in [-0.4, -0.2) is 49.9 Å². The van der Waals surface area contributed by atoms with Crippen molar-refractivity contribution < 1.29 is 9.47 Å². The summed E-state index contributed by atoms with van der Waals surface area (Å²) in [6, 6.07) is 1.86. The van der Waals surface area contributed by atoms with Gasteiger partial charge < -0.3 is 20.1 Å². The summed E-state index contributed by atoms with van der Waals surface area (Å²) in [5.41, 5.74) is 6.48. The van der Waals surface area contributed by atoms with E-state index < -0.39 is 0 Å². The van der Waals surface area contributed by atoms with Crippen LogP contribution in [0.25, 0.3) is 0 Å². The van der Waals surface area contributed by atoms with Gasteiger partial charge in [0.2, 0.25) is 11.8 Å². The minimum absolute atomic E-state index is 0.629. The zero-order valence-electron chi connectivity index (χ0n) is 12.8. The number of aryl methyl sites for hydroxylation is 1. The lowest BCUT2D eigenvalue weighted by molar-refractivity contribution is 0.204. The number of nitrogens with zero attached hydrogens (tertiary/aromatic N) is 3. The van der Waals surface area contributed by atoms with E-state index in [-0.39, 0.29) is 0 Å². The predicted octanol–water partition coefficient (Wildman–Crippen LogP) is 1.38. The quantitative estimate of drug-likeness (QED) is 0.699. The van der Waals surface area contributed by atoms with Gasteiger partial charge in [0.1, 0.15) is 0 Å². The van der Waals surface area contributed by atoms with Gasteiger partial charge in [0.25, 0.3) is 0 Å². The zero-order valence-corrected chi connectivity index (χ0v) is 12.8. The van der Waals surface area contributed by atoms with Crippen molar-refractivity contribution in [3.8, 4) is 5.88 Å². The van der Waals surface area contributed by atoms with Gasteiger partial charge in [0, 0.05) is 32.0 Å². The van der Waals surface area contributed by atoms with Crippen LogP contribution in [0.3, 0.4) is 0 Å². The molecule has 1 heterocycles. The normalized spacial score (nSPS) is 10.6. The van der Waals surface area contributed by atoms with Crippen LogP contribution in [-0.2, 0) is 4.74 Å². The zero-order chi connectivity index (χ0) is 14.8. The smallest absolute Gasteiger partial charge is 0.228 e. The maximum atomic E-state index is 5.60. The molecule has 20 heavy (non-hydrogen) atoms.